The Morgan fingerprint density at radius 3 is 2.35 bits per heavy atom. The largest absolute Gasteiger partial charge is 0.481 e. The summed E-state index contributed by atoms with van der Waals surface area (Å²) in [5.74, 6) is -1.38. The molecule has 1 aromatic rings. The zero-order chi connectivity index (χ0) is 16.9. The summed E-state index contributed by atoms with van der Waals surface area (Å²) >= 11 is 0. The van der Waals surface area contributed by atoms with Crippen molar-refractivity contribution >= 4 is 21.9 Å². The predicted octanol–water partition coefficient (Wildman–Crippen LogP) is 0.678. The van der Waals surface area contributed by atoms with Crippen LogP contribution in [0.3, 0.4) is 0 Å². The van der Waals surface area contributed by atoms with Gasteiger partial charge in [0.05, 0.1) is 10.8 Å². The van der Waals surface area contributed by atoms with Crippen LogP contribution < -0.4 is 4.72 Å². The smallest absolute Gasteiger partial charge is 0.306 e. The quantitative estimate of drug-likeness (QED) is 0.792. The standard InChI is InChI=1S/C15H20N2O5S/c18-14(17-10-7-12(8-11-17)15(19)20)6-9-16-23(21,22)13-4-2-1-3-5-13/h1-5,12,16H,6-11H2,(H,19,20). The monoisotopic (exact) mass is 340 g/mol. The fourth-order valence-electron chi connectivity index (χ4n) is 2.51. The molecule has 23 heavy (non-hydrogen) atoms. The van der Waals surface area contributed by atoms with Crippen LogP contribution in [0.1, 0.15) is 19.3 Å². The molecule has 0 unspecified atom stereocenters. The number of likely N-dealkylation sites (tertiary alicyclic amines) is 1. The molecule has 0 bridgehead atoms. The Balaban J connectivity index is 1.78. The summed E-state index contributed by atoms with van der Waals surface area (Å²) in [4.78, 5) is 24.7. The number of amides is 1. The van der Waals surface area contributed by atoms with Crippen LogP contribution in [-0.4, -0.2) is 49.9 Å². The van der Waals surface area contributed by atoms with Crippen molar-refractivity contribution in [3.63, 3.8) is 0 Å². The molecule has 1 fully saturated rings. The molecule has 126 valence electrons. The van der Waals surface area contributed by atoms with Crippen molar-refractivity contribution in [1.29, 1.82) is 0 Å². The fourth-order valence-corrected chi connectivity index (χ4v) is 3.56. The van der Waals surface area contributed by atoms with Gasteiger partial charge in [-0.2, -0.15) is 0 Å². The first-order valence-electron chi connectivity index (χ1n) is 7.45. The number of piperidine rings is 1. The highest BCUT2D eigenvalue weighted by Gasteiger charge is 2.26. The second-order valence-corrected chi connectivity index (χ2v) is 7.22. The van der Waals surface area contributed by atoms with Crippen molar-refractivity contribution in [2.24, 2.45) is 5.92 Å². The minimum Gasteiger partial charge on any atom is -0.481 e. The van der Waals surface area contributed by atoms with E-state index in [1.807, 2.05) is 0 Å². The maximum Gasteiger partial charge on any atom is 0.306 e. The molecule has 0 aromatic heterocycles. The third-order valence-electron chi connectivity index (χ3n) is 3.88. The van der Waals surface area contributed by atoms with E-state index in [1.54, 1.807) is 23.1 Å². The number of sulfonamides is 1. The van der Waals surface area contributed by atoms with Crippen LogP contribution in [0.2, 0.25) is 0 Å². The van der Waals surface area contributed by atoms with Crippen LogP contribution in [-0.2, 0) is 19.6 Å². The molecule has 0 aliphatic carbocycles. The maximum absolute atomic E-state index is 12.0. The molecular formula is C15H20N2O5S. The van der Waals surface area contributed by atoms with Gasteiger partial charge in [0.1, 0.15) is 0 Å². The lowest BCUT2D eigenvalue weighted by Crippen LogP contribution is -2.41. The fraction of sp³-hybridized carbons (Fsp3) is 0.467. The lowest BCUT2D eigenvalue weighted by molar-refractivity contribution is -0.145. The number of aliphatic carboxylic acids is 1. The lowest BCUT2D eigenvalue weighted by atomic mass is 9.97. The molecule has 1 aliphatic rings. The molecule has 1 saturated heterocycles. The van der Waals surface area contributed by atoms with E-state index in [1.165, 1.54) is 12.1 Å². The molecule has 7 nitrogen and oxygen atoms in total. The van der Waals surface area contributed by atoms with Crippen LogP contribution in [0.15, 0.2) is 35.2 Å². The Morgan fingerprint density at radius 2 is 1.78 bits per heavy atom. The van der Waals surface area contributed by atoms with E-state index >= 15 is 0 Å². The van der Waals surface area contributed by atoms with E-state index in [2.05, 4.69) is 4.72 Å². The first kappa shape index (κ1) is 17.4. The molecule has 1 amide bonds. The number of rotatable bonds is 6. The maximum atomic E-state index is 12.0. The van der Waals surface area contributed by atoms with Crippen molar-refractivity contribution in [3.05, 3.63) is 30.3 Å². The molecule has 0 spiro atoms. The summed E-state index contributed by atoms with van der Waals surface area (Å²) in [6.45, 7) is 0.831. The van der Waals surface area contributed by atoms with Crippen molar-refractivity contribution in [1.82, 2.24) is 9.62 Å². The SMILES string of the molecule is O=C(O)C1CCN(C(=O)CCNS(=O)(=O)c2ccccc2)CC1. The normalized spacial score (nSPS) is 16.3. The van der Waals surface area contributed by atoms with Gasteiger partial charge in [-0.05, 0) is 25.0 Å². The second kappa shape index (κ2) is 7.56. The Morgan fingerprint density at radius 1 is 1.17 bits per heavy atom. The average molecular weight is 340 g/mol. The number of hydrogen-bond acceptors (Lipinski definition) is 4. The summed E-state index contributed by atoms with van der Waals surface area (Å²) in [5, 5.41) is 8.92. The van der Waals surface area contributed by atoms with E-state index in [9.17, 15) is 18.0 Å². The molecule has 1 aliphatic heterocycles. The van der Waals surface area contributed by atoms with Gasteiger partial charge in [-0.25, -0.2) is 13.1 Å². The summed E-state index contributed by atoms with van der Waals surface area (Å²) in [5.41, 5.74) is 0. The average Bonchev–Trinajstić information content (AvgIpc) is 2.55. The molecule has 1 heterocycles. The van der Waals surface area contributed by atoms with Crippen LogP contribution in [0, 0.1) is 5.92 Å². The number of carbonyl (C=O) groups is 2. The van der Waals surface area contributed by atoms with Gasteiger partial charge in [0.25, 0.3) is 0 Å². The highest BCUT2D eigenvalue weighted by Crippen LogP contribution is 2.17. The summed E-state index contributed by atoms with van der Waals surface area (Å²) < 4.78 is 26.4. The number of hydrogen-bond donors (Lipinski definition) is 2. The minimum atomic E-state index is -3.61. The third kappa shape index (κ3) is 4.77. The molecule has 1 aromatic carbocycles. The number of nitrogens with zero attached hydrogens (tertiary/aromatic N) is 1. The highest BCUT2D eigenvalue weighted by atomic mass is 32.2. The van der Waals surface area contributed by atoms with Crippen molar-refractivity contribution in [2.45, 2.75) is 24.2 Å². The van der Waals surface area contributed by atoms with Gasteiger partial charge in [-0.1, -0.05) is 18.2 Å². The van der Waals surface area contributed by atoms with Gasteiger partial charge in [-0.15, -0.1) is 0 Å². The summed E-state index contributed by atoms with van der Waals surface area (Å²) in [6.07, 6.45) is 0.942. The van der Waals surface area contributed by atoms with Crippen LogP contribution >= 0.6 is 0 Å². The first-order chi connectivity index (χ1) is 10.9. The zero-order valence-electron chi connectivity index (χ0n) is 12.6. The number of carboxylic acids is 1. The zero-order valence-corrected chi connectivity index (χ0v) is 13.5. The van der Waals surface area contributed by atoms with E-state index < -0.39 is 21.9 Å². The minimum absolute atomic E-state index is 0.0227. The highest BCUT2D eigenvalue weighted by molar-refractivity contribution is 7.89. The van der Waals surface area contributed by atoms with Crippen LogP contribution in [0.5, 0.6) is 0 Å². The van der Waals surface area contributed by atoms with Crippen LogP contribution in [0.4, 0.5) is 0 Å². The van der Waals surface area contributed by atoms with Crippen molar-refractivity contribution in [3.8, 4) is 0 Å². The van der Waals surface area contributed by atoms with Crippen molar-refractivity contribution in [2.75, 3.05) is 19.6 Å². The second-order valence-electron chi connectivity index (χ2n) is 5.45. The molecule has 0 atom stereocenters. The van der Waals surface area contributed by atoms with Gasteiger partial charge in [0.2, 0.25) is 15.9 Å². The number of nitrogens with one attached hydrogen (secondary N) is 1. The van der Waals surface area contributed by atoms with Gasteiger partial charge in [-0.3, -0.25) is 9.59 Å². The summed E-state index contributed by atoms with van der Waals surface area (Å²) in [7, 11) is -3.61. The lowest BCUT2D eigenvalue weighted by Gasteiger charge is -2.30. The van der Waals surface area contributed by atoms with E-state index in [-0.39, 0.29) is 23.8 Å². The third-order valence-corrected chi connectivity index (χ3v) is 5.36. The molecule has 2 rings (SSSR count). The Hall–Kier alpha value is -1.93. The number of carbonyl (C=O) groups excluding carboxylic acids is 1. The molecule has 0 saturated carbocycles. The van der Waals surface area contributed by atoms with Crippen LogP contribution in [0.25, 0.3) is 0 Å². The molecule has 8 heteroatoms. The van der Waals surface area contributed by atoms with E-state index in [4.69, 9.17) is 5.11 Å². The Bertz CT molecular complexity index is 652. The Labute approximate surface area is 135 Å². The van der Waals surface area contributed by atoms with Crippen molar-refractivity contribution < 1.29 is 23.1 Å². The van der Waals surface area contributed by atoms with Gasteiger partial charge in [0.15, 0.2) is 0 Å². The van der Waals surface area contributed by atoms with E-state index in [0.29, 0.717) is 25.9 Å². The number of carboxylic acid groups (broad SMARTS) is 1. The topological polar surface area (TPSA) is 104 Å². The molecule has 0 radical (unpaired) electrons. The van der Waals surface area contributed by atoms with E-state index in [0.717, 1.165) is 0 Å². The predicted molar refractivity (Wildman–Crippen MR) is 83.2 cm³/mol. The molecule has 2 N–H and O–H groups in total. The summed E-state index contributed by atoms with van der Waals surface area (Å²) in [6, 6.07) is 7.96. The van der Waals surface area contributed by atoms with Gasteiger partial charge < -0.3 is 10.0 Å². The molecular weight excluding hydrogens is 320 g/mol. The first-order valence-corrected chi connectivity index (χ1v) is 8.94. The number of benzene rings is 1. The van der Waals surface area contributed by atoms with Gasteiger partial charge >= 0.3 is 5.97 Å². The van der Waals surface area contributed by atoms with Gasteiger partial charge in [0, 0.05) is 26.1 Å². The Kier molecular flexibility index (Phi) is 5.73.